The number of hydrogen-bond donors (Lipinski definition) is 3. The second-order valence-corrected chi connectivity index (χ2v) is 8.99. The number of nitrogens with one attached hydrogen (secondary N) is 3. The number of benzene rings is 1. The lowest BCUT2D eigenvalue weighted by Gasteiger charge is -2.11. The van der Waals surface area contributed by atoms with Gasteiger partial charge in [-0.2, -0.15) is 0 Å². The molecule has 0 bridgehead atoms. The molecule has 3 rings (SSSR count). The fraction of sp³-hybridized carbons (Fsp3) is 0.444. The first-order valence-electron chi connectivity index (χ1n) is 9.46. The van der Waals surface area contributed by atoms with Crippen LogP contribution in [0.15, 0.2) is 28.6 Å². The van der Waals surface area contributed by atoms with E-state index < -0.39 is 12.4 Å². The van der Waals surface area contributed by atoms with Crippen LogP contribution >= 0.6 is 23.1 Å². The molecule has 3 amide bonds. The average molecular weight is 476 g/mol. The zero-order valence-electron chi connectivity index (χ0n) is 16.2. The molecule has 1 fully saturated rings. The highest BCUT2D eigenvalue weighted by molar-refractivity contribution is 8.01. The van der Waals surface area contributed by atoms with Crippen LogP contribution in [-0.2, 0) is 4.79 Å². The molecule has 0 spiro atoms. The van der Waals surface area contributed by atoms with Gasteiger partial charge < -0.3 is 15.4 Å². The van der Waals surface area contributed by atoms with E-state index >= 15 is 0 Å². The fourth-order valence-corrected chi connectivity index (χ4v) is 4.67. The van der Waals surface area contributed by atoms with E-state index in [1.54, 1.807) is 0 Å². The molecule has 0 unspecified atom stereocenters. The number of carbonyl (C=O) groups is 2. The Morgan fingerprint density at radius 3 is 2.55 bits per heavy atom. The lowest BCUT2D eigenvalue weighted by molar-refractivity contribution is -0.274. The average Bonchev–Trinajstić information content (AvgIpc) is 3.34. The van der Waals surface area contributed by atoms with Crippen LogP contribution in [0, 0.1) is 0 Å². The van der Waals surface area contributed by atoms with Crippen LogP contribution in [0.25, 0.3) is 0 Å². The molecule has 2 aromatic rings. The van der Waals surface area contributed by atoms with Gasteiger partial charge in [0.2, 0.25) is 11.0 Å². The topological polar surface area (TPSA) is 105 Å². The van der Waals surface area contributed by atoms with Gasteiger partial charge in [0.05, 0.1) is 0 Å². The van der Waals surface area contributed by atoms with E-state index in [2.05, 4.69) is 30.9 Å². The smallest absolute Gasteiger partial charge is 0.406 e. The van der Waals surface area contributed by atoms with E-state index in [-0.39, 0.29) is 24.1 Å². The number of amides is 3. The van der Waals surface area contributed by atoms with E-state index in [9.17, 15) is 22.8 Å². The second kappa shape index (κ2) is 10.7. The van der Waals surface area contributed by atoms with E-state index in [1.165, 1.54) is 47.4 Å². The summed E-state index contributed by atoms with van der Waals surface area (Å²) in [5.41, 5.74) is 0.523. The number of anilines is 2. The first kappa shape index (κ1) is 23.1. The Labute approximate surface area is 184 Å². The van der Waals surface area contributed by atoms with Gasteiger partial charge in [0, 0.05) is 23.9 Å². The van der Waals surface area contributed by atoms with E-state index in [4.69, 9.17) is 0 Å². The third-order valence-corrected chi connectivity index (χ3v) is 6.22. The van der Waals surface area contributed by atoms with Crippen molar-refractivity contribution in [2.24, 2.45) is 0 Å². The van der Waals surface area contributed by atoms with Crippen LogP contribution in [0.2, 0.25) is 0 Å². The zero-order chi connectivity index (χ0) is 22.3. The molecule has 0 aliphatic heterocycles. The summed E-state index contributed by atoms with van der Waals surface area (Å²) < 4.78 is 41.0. The molecular weight excluding hydrogens is 455 g/mol. The third-order valence-electron chi connectivity index (χ3n) is 4.24. The minimum atomic E-state index is -4.74. The second-order valence-electron chi connectivity index (χ2n) is 6.67. The van der Waals surface area contributed by atoms with Crippen LogP contribution < -0.4 is 20.7 Å². The first-order chi connectivity index (χ1) is 14.8. The Morgan fingerprint density at radius 1 is 1.16 bits per heavy atom. The number of thioether (sulfide) groups is 1. The van der Waals surface area contributed by atoms with Crippen LogP contribution in [0.1, 0.15) is 32.1 Å². The van der Waals surface area contributed by atoms with Gasteiger partial charge in [0.25, 0.3) is 0 Å². The molecule has 3 N–H and O–H groups in total. The van der Waals surface area contributed by atoms with Crippen molar-refractivity contribution in [1.29, 1.82) is 0 Å². The predicted molar refractivity (Wildman–Crippen MR) is 111 cm³/mol. The molecule has 0 atom stereocenters. The van der Waals surface area contributed by atoms with Crippen molar-refractivity contribution in [3.05, 3.63) is 24.3 Å². The molecule has 8 nitrogen and oxygen atoms in total. The van der Waals surface area contributed by atoms with Gasteiger partial charge in [-0.1, -0.05) is 35.9 Å². The van der Waals surface area contributed by atoms with Crippen molar-refractivity contribution in [3.8, 4) is 5.75 Å². The van der Waals surface area contributed by atoms with Crippen LogP contribution in [-0.4, -0.2) is 40.3 Å². The van der Waals surface area contributed by atoms with Crippen molar-refractivity contribution >= 4 is 45.9 Å². The van der Waals surface area contributed by atoms with Crippen LogP contribution in [0.5, 0.6) is 5.75 Å². The number of carbonyl (C=O) groups excluding carboxylic acids is 2. The highest BCUT2D eigenvalue weighted by atomic mass is 32.2. The van der Waals surface area contributed by atoms with Gasteiger partial charge in [-0.05, 0) is 37.1 Å². The summed E-state index contributed by atoms with van der Waals surface area (Å²) in [6.07, 6.45) is -0.534. The van der Waals surface area contributed by atoms with E-state index in [0.717, 1.165) is 25.7 Å². The van der Waals surface area contributed by atoms with Gasteiger partial charge in [-0.15, -0.1) is 23.4 Å². The maximum Gasteiger partial charge on any atom is 0.573 e. The summed E-state index contributed by atoms with van der Waals surface area (Å²) in [5, 5.41) is 16.4. The molecule has 31 heavy (non-hydrogen) atoms. The Morgan fingerprint density at radius 2 is 1.87 bits per heavy atom. The number of halogens is 3. The minimum absolute atomic E-state index is 0.142. The lowest BCUT2D eigenvalue weighted by atomic mass is 10.2. The molecule has 0 radical (unpaired) electrons. The minimum Gasteiger partial charge on any atom is -0.406 e. The molecular formula is C18H20F3N5O3S2. The molecule has 0 saturated heterocycles. The van der Waals surface area contributed by atoms with Gasteiger partial charge in [0.15, 0.2) is 4.34 Å². The maximum atomic E-state index is 12.2. The summed E-state index contributed by atoms with van der Waals surface area (Å²) in [6.45, 7) is 0. The normalized spacial score (nSPS) is 14.3. The third kappa shape index (κ3) is 8.25. The number of alkyl halides is 3. The number of imide groups is 1. The number of aromatic nitrogens is 2. The fourth-order valence-electron chi connectivity index (χ4n) is 2.89. The molecule has 1 aromatic heterocycles. The van der Waals surface area contributed by atoms with Gasteiger partial charge >= 0.3 is 12.4 Å². The summed E-state index contributed by atoms with van der Waals surface area (Å²) in [4.78, 5) is 23.6. The Balaban J connectivity index is 1.37. The lowest BCUT2D eigenvalue weighted by Crippen LogP contribution is -2.43. The first-order valence-corrected chi connectivity index (χ1v) is 11.3. The van der Waals surface area contributed by atoms with Crippen molar-refractivity contribution < 1.29 is 27.5 Å². The van der Waals surface area contributed by atoms with Gasteiger partial charge in [-0.25, -0.2) is 4.79 Å². The molecule has 168 valence electrons. The summed E-state index contributed by atoms with van der Waals surface area (Å²) >= 11 is 2.55. The summed E-state index contributed by atoms with van der Waals surface area (Å²) in [5.74, 6) is -0.269. The standard InChI is InChI=1S/C18H20F3N5O3S2/c19-18(20,21)29-13-7-5-12(6-8-13)23-16-25-26-17(31-16)30-10-9-14(27)24-15(28)22-11-3-1-2-4-11/h5-8,11H,1-4,9-10H2,(H,23,25)(H2,22,24,27,28). The maximum absolute atomic E-state index is 12.2. The predicted octanol–water partition coefficient (Wildman–Crippen LogP) is 4.43. The Kier molecular flexibility index (Phi) is 7.96. The monoisotopic (exact) mass is 475 g/mol. The van der Waals surface area contributed by atoms with Crippen LogP contribution in [0.3, 0.4) is 0 Å². The summed E-state index contributed by atoms with van der Waals surface area (Å²) in [7, 11) is 0. The molecule has 13 heteroatoms. The van der Waals surface area contributed by atoms with Crippen LogP contribution in [0.4, 0.5) is 28.8 Å². The molecule has 1 aliphatic rings. The van der Waals surface area contributed by atoms with Gasteiger partial charge in [-0.3, -0.25) is 10.1 Å². The molecule has 1 heterocycles. The number of rotatable bonds is 8. The van der Waals surface area contributed by atoms with Crippen molar-refractivity contribution in [2.45, 2.75) is 48.8 Å². The highest BCUT2D eigenvalue weighted by Gasteiger charge is 2.31. The van der Waals surface area contributed by atoms with Crippen molar-refractivity contribution in [2.75, 3.05) is 11.1 Å². The van der Waals surface area contributed by atoms with Crippen molar-refractivity contribution in [3.63, 3.8) is 0 Å². The number of hydrogen-bond acceptors (Lipinski definition) is 8. The van der Waals surface area contributed by atoms with E-state index in [0.29, 0.717) is 20.9 Å². The molecule has 1 saturated carbocycles. The SMILES string of the molecule is O=C(CCSc1nnc(Nc2ccc(OC(F)(F)F)cc2)s1)NC(=O)NC1CCCC1. The molecule has 1 aliphatic carbocycles. The van der Waals surface area contributed by atoms with E-state index in [1.807, 2.05) is 0 Å². The zero-order valence-corrected chi connectivity index (χ0v) is 17.8. The quantitative estimate of drug-likeness (QED) is 0.485. The summed E-state index contributed by atoms with van der Waals surface area (Å²) in [6, 6.07) is 4.91. The molecule has 1 aromatic carbocycles. The Bertz CT molecular complexity index is 886. The number of urea groups is 1. The number of nitrogens with zero attached hydrogens (tertiary/aromatic N) is 2. The van der Waals surface area contributed by atoms with Gasteiger partial charge in [0.1, 0.15) is 5.75 Å². The van der Waals surface area contributed by atoms with Crippen molar-refractivity contribution in [1.82, 2.24) is 20.8 Å². The largest absolute Gasteiger partial charge is 0.573 e. The number of ether oxygens (including phenoxy) is 1. The highest BCUT2D eigenvalue weighted by Crippen LogP contribution is 2.29. The Hall–Kier alpha value is -2.54.